The summed E-state index contributed by atoms with van der Waals surface area (Å²) in [5.41, 5.74) is 0.819. The third-order valence-electron chi connectivity index (χ3n) is 4.37. The second-order valence-corrected chi connectivity index (χ2v) is 7.82. The Hall–Kier alpha value is -1.40. The van der Waals surface area contributed by atoms with Crippen molar-refractivity contribution in [1.82, 2.24) is 10.6 Å². The van der Waals surface area contributed by atoms with Crippen LogP contribution >= 0.6 is 11.8 Å². The van der Waals surface area contributed by atoms with Crippen molar-refractivity contribution in [2.45, 2.75) is 50.5 Å². The lowest BCUT2D eigenvalue weighted by molar-refractivity contribution is 0.186. The van der Waals surface area contributed by atoms with Crippen LogP contribution in [0.25, 0.3) is 0 Å². The molecule has 1 fully saturated rings. The number of hydrogen-bond donors (Lipinski definition) is 3. The Morgan fingerprint density at radius 2 is 2.24 bits per heavy atom. The van der Waals surface area contributed by atoms with Crippen LogP contribution < -0.4 is 15.4 Å². The van der Waals surface area contributed by atoms with Gasteiger partial charge in [0, 0.05) is 17.8 Å². The third-order valence-corrected chi connectivity index (χ3v) is 5.61. The van der Waals surface area contributed by atoms with Gasteiger partial charge >= 0.3 is 0 Å². The first-order valence-electron chi connectivity index (χ1n) is 9.14. The van der Waals surface area contributed by atoms with Crippen LogP contribution in [0.15, 0.2) is 29.3 Å². The van der Waals surface area contributed by atoms with Gasteiger partial charge in [0.05, 0.1) is 19.8 Å². The molecule has 0 aliphatic heterocycles. The van der Waals surface area contributed by atoms with E-state index in [1.165, 1.54) is 25.0 Å². The average Bonchev–Trinajstić information content (AvgIpc) is 3.07. The minimum atomic E-state index is -0.641. The Kier molecular flexibility index (Phi) is 8.41. The van der Waals surface area contributed by atoms with Crippen LogP contribution in [0.4, 0.5) is 0 Å². The van der Waals surface area contributed by atoms with Gasteiger partial charge in [0.1, 0.15) is 5.75 Å². The Bertz CT molecular complexity index is 553. The number of guanidine groups is 1. The number of nitrogens with zero attached hydrogens (tertiary/aromatic N) is 1. The van der Waals surface area contributed by atoms with E-state index in [0.29, 0.717) is 12.6 Å². The lowest BCUT2D eigenvalue weighted by Crippen LogP contribution is -2.42. The molecule has 140 valence electrons. The van der Waals surface area contributed by atoms with Crippen molar-refractivity contribution >= 4 is 17.7 Å². The molecule has 3 N–H and O–H groups in total. The molecule has 0 bridgehead atoms. The topological polar surface area (TPSA) is 65.9 Å². The highest BCUT2D eigenvalue weighted by Gasteiger charge is 2.25. The number of methoxy groups -OCH3 is 1. The number of benzene rings is 1. The van der Waals surface area contributed by atoms with Crippen molar-refractivity contribution < 1.29 is 9.84 Å². The number of aliphatic imine (C=N–C) groups is 1. The smallest absolute Gasteiger partial charge is 0.191 e. The number of rotatable bonds is 8. The largest absolute Gasteiger partial charge is 0.497 e. The minimum absolute atomic E-state index is 0.322. The molecule has 0 amide bonds. The van der Waals surface area contributed by atoms with Crippen molar-refractivity contribution in [3.8, 4) is 5.75 Å². The fourth-order valence-electron chi connectivity index (χ4n) is 3.10. The Labute approximate surface area is 155 Å². The lowest BCUT2D eigenvalue weighted by atomic mass is 10.1. The zero-order valence-corrected chi connectivity index (χ0v) is 16.3. The van der Waals surface area contributed by atoms with Gasteiger partial charge in [-0.05, 0) is 49.6 Å². The second kappa shape index (κ2) is 10.6. The molecule has 1 aliphatic carbocycles. The molecule has 1 saturated carbocycles. The molecule has 3 atom stereocenters. The number of aliphatic hydroxyl groups is 1. The molecule has 2 rings (SSSR count). The van der Waals surface area contributed by atoms with Gasteiger partial charge in [-0.25, -0.2) is 0 Å². The number of hydrogen-bond acceptors (Lipinski definition) is 4. The highest BCUT2D eigenvalue weighted by atomic mass is 32.2. The molecule has 0 saturated heterocycles. The van der Waals surface area contributed by atoms with Crippen LogP contribution in [0.3, 0.4) is 0 Å². The first-order valence-corrected chi connectivity index (χ1v) is 10.2. The Morgan fingerprint density at radius 1 is 1.40 bits per heavy atom. The monoisotopic (exact) mass is 365 g/mol. The fourth-order valence-corrected chi connectivity index (χ4v) is 4.25. The summed E-state index contributed by atoms with van der Waals surface area (Å²) in [7, 11) is 1.63. The maximum atomic E-state index is 10.4. The van der Waals surface area contributed by atoms with Gasteiger partial charge in [-0.1, -0.05) is 19.1 Å². The van der Waals surface area contributed by atoms with E-state index in [0.717, 1.165) is 29.1 Å². The summed E-state index contributed by atoms with van der Waals surface area (Å²) in [6, 6.07) is 7.97. The van der Waals surface area contributed by atoms with Crippen LogP contribution in [0.2, 0.25) is 0 Å². The SMILES string of the molecule is CCNC(=NCC(O)c1cccc(OC)c1)NC1CCC(SCC)C1. The summed E-state index contributed by atoms with van der Waals surface area (Å²) < 4.78 is 5.21. The maximum Gasteiger partial charge on any atom is 0.191 e. The fraction of sp³-hybridized carbons (Fsp3) is 0.632. The van der Waals surface area contributed by atoms with Crippen molar-refractivity contribution in [2.75, 3.05) is 26.0 Å². The van der Waals surface area contributed by atoms with Crippen molar-refractivity contribution in [1.29, 1.82) is 0 Å². The van der Waals surface area contributed by atoms with E-state index in [4.69, 9.17) is 4.74 Å². The molecule has 1 aromatic carbocycles. The van der Waals surface area contributed by atoms with Gasteiger partial charge in [0.25, 0.3) is 0 Å². The predicted molar refractivity (Wildman–Crippen MR) is 107 cm³/mol. The van der Waals surface area contributed by atoms with Gasteiger partial charge < -0.3 is 20.5 Å². The van der Waals surface area contributed by atoms with Gasteiger partial charge in [-0.15, -0.1) is 0 Å². The average molecular weight is 366 g/mol. The zero-order valence-electron chi connectivity index (χ0n) is 15.5. The van der Waals surface area contributed by atoms with E-state index in [2.05, 4.69) is 29.5 Å². The third kappa shape index (κ3) is 6.44. The maximum absolute atomic E-state index is 10.4. The van der Waals surface area contributed by atoms with Gasteiger partial charge in [-0.2, -0.15) is 11.8 Å². The van der Waals surface area contributed by atoms with Crippen LogP contribution in [0, 0.1) is 0 Å². The molecule has 6 heteroatoms. The molecule has 0 aromatic heterocycles. The van der Waals surface area contributed by atoms with E-state index in [1.54, 1.807) is 7.11 Å². The highest BCUT2D eigenvalue weighted by molar-refractivity contribution is 7.99. The van der Waals surface area contributed by atoms with E-state index in [9.17, 15) is 5.11 Å². The first kappa shape index (κ1) is 19.9. The van der Waals surface area contributed by atoms with E-state index >= 15 is 0 Å². The summed E-state index contributed by atoms with van der Waals surface area (Å²) in [6.07, 6.45) is 2.99. The first-order chi connectivity index (χ1) is 12.2. The summed E-state index contributed by atoms with van der Waals surface area (Å²) in [4.78, 5) is 4.58. The van der Waals surface area contributed by atoms with Gasteiger partial charge in [0.15, 0.2) is 5.96 Å². The summed E-state index contributed by atoms with van der Waals surface area (Å²) in [6.45, 7) is 5.40. The summed E-state index contributed by atoms with van der Waals surface area (Å²) in [5.74, 6) is 2.71. The van der Waals surface area contributed by atoms with Crippen molar-refractivity contribution in [2.24, 2.45) is 4.99 Å². The molecular formula is C19H31N3O2S. The van der Waals surface area contributed by atoms with Crippen LogP contribution in [-0.2, 0) is 0 Å². The number of ether oxygens (including phenoxy) is 1. The normalized spacial score (nSPS) is 21.8. The van der Waals surface area contributed by atoms with Crippen molar-refractivity contribution in [3.63, 3.8) is 0 Å². The summed E-state index contributed by atoms with van der Waals surface area (Å²) in [5, 5.41) is 18.0. The molecule has 25 heavy (non-hydrogen) atoms. The molecule has 0 spiro atoms. The van der Waals surface area contributed by atoms with E-state index in [1.807, 2.05) is 36.0 Å². The lowest BCUT2D eigenvalue weighted by Gasteiger charge is -2.18. The predicted octanol–water partition coefficient (Wildman–Crippen LogP) is 2.96. The van der Waals surface area contributed by atoms with Crippen LogP contribution in [0.5, 0.6) is 5.75 Å². The van der Waals surface area contributed by atoms with Crippen LogP contribution in [0.1, 0.15) is 44.8 Å². The quantitative estimate of drug-likeness (QED) is 0.488. The molecule has 0 radical (unpaired) electrons. The molecule has 3 unspecified atom stereocenters. The van der Waals surface area contributed by atoms with Gasteiger partial charge in [0.2, 0.25) is 0 Å². The second-order valence-electron chi connectivity index (χ2n) is 6.24. The van der Waals surface area contributed by atoms with Gasteiger partial charge in [-0.3, -0.25) is 4.99 Å². The Morgan fingerprint density at radius 3 is 2.96 bits per heavy atom. The standard InChI is InChI=1S/C19H31N3O2S/c1-4-20-19(22-15-9-10-17(12-15)25-5-2)21-13-18(23)14-7-6-8-16(11-14)24-3/h6-8,11,15,17-18,23H,4-5,9-10,12-13H2,1-3H3,(H2,20,21,22). The summed E-state index contributed by atoms with van der Waals surface area (Å²) >= 11 is 2.05. The van der Waals surface area contributed by atoms with E-state index in [-0.39, 0.29) is 0 Å². The van der Waals surface area contributed by atoms with E-state index < -0.39 is 6.10 Å². The minimum Gasteiger partial charge on any atom is -0.497 e. The zero-order chi connectivity index (χ0) is 18.1. The molecule has 5 nitrogen and oxygen atoms in total. The number of thioether (sulfide) groups is 1. The number of aliphatic hydroxyl groups excluding tert-OH is 1. The number of nitrogens with one attached hydrogen (secondary N) is 2. The molecule has 0 heterocycles. The van der Waals surface area contributed by atoms with Crippen molar-refractivity contribution in [3.05, 3.63) is 29.8 Å². The molecular weight excluding hydrogens is 334 g/mol. The van der Waals surface area contributed by atoms with Crippen LogP contribution in [-0.4, -0.2) is 48.3 Å². The molecule has 1 aliphatic rings. The highest BCUT2D eigenvalue weighted by Crippen LogP contribution is 2.29. The Balaban J connectivity index is 1.92. The molecule has 1 aromatic rings.